The van der Waals surface area contributed by atoms with Gasteiger partial charge in [0.2, 0.25) is 0 Å². The molecule has 2 aromatic rings. The van der Waals surface area contributed by atoms with Gasteiger partial charge in [-0.3, -0.25) is 4.79 Å². The second-order valence-electron chi connectivity index (χ2n) is 2.73. The zero-order chi connectivity index (χ0) is 11.1. The Morgan fingerprint density at radius 2 is 2.13 bits per heavy atom. The number of rotatable bonds is 2. The van der Waals surface area contributed by atoms with Gasteiger partial charge in [-0.15, -0.1) is 0 Å². The third kappa shape index (κ3) is 1.73. The minimum absolute atomic E-state index is 0.187. The Morgan fingerprint density at radius 3 is 2.73 bits per heavy atom. The van der Waals surface area contributed by atoms with Crippen LogP contribution in [0.2, 0.25) is 0 Å². The molecule has 1 aromatic heterocycles. The molecule has 0 fully saturated rings. The lowest BCUT2D eigenvalue weighted by Crippen LogP contribution is -1.89. The van der Waals surface area contributed by atoms with Gasteiger partial charge >= 0.3 is 14.3 Å². The molecule has 0 atom stereocenters. The number of oxazole rings is 1. The fourth-order valence-corrected chi connectivity index (χ4v) is 1.74. The van der Waals surface area contributed by atoms with Gasteiger partial charge in [0.15, 0.2) is 11.9 Å². The van der Waals surface area contributed by atoms with Crippen molar-refractivity contribution < 1.29 is 17.6 Å². The minimum atomic E-state index is -4.01. The van der Waals surface area contributed by atoms with Crippen LogP contribution in [-0.2, 0) is 9.05 Å². The van der Waals surface area contributed by atoms with E-state index in [9.17, 15) is 13.2 Å². The van der Waals surface area contributed by atoms with Crippen LogP contribution in [0.15, 0.2) is 27.8 Å². The first-order valence-corrected chi connectivity index (χ1v) is 6.12. The molecule has 0 bridgehead atoms. The number of aromatic nitrogens is 1. The number of carbonyl (C=O) groups is 1. The number of carbonyl (C=O) groups excluding carboxylic acids is 1. The van der Waals surface area contributed by atoms with Crippen LogP contribution in [0.1, 0.15) is 10.4 Å². The molecule has 0 aliphatic heterocycles. The van der Waals surface area contributed by atoms with Crippen LogP contribution >= 0.6 is 10.7 Å². The second-order valence-corrected chi connectivity index (χ2v) is 5.17. The fourth-order valence-electron chi connectivity index (χ4n) is 1.15. The van der Waals surface area contributed by atoms with E-state index >= 15 is 0 Å². The van der Waals surface area contributed by atoms with Gasteiger partial charge in [-0.25, -0.2) is 8.42 Å². The van der Waals surface area contributed by atoms with Crippen molar-refractivity contribution in [2.75, 3.05) is 0 Å². The largest absolute Gasteiger partial charge is 0.427 e. The number of benzene rings is 1. The molecule has 5 nitrogen and oxygen atoms in total. The van der Waals surface area contributed by atoms with E-state index in [0.717, 1.165) is 0 Å². The molecule has 78 valence electrons. The molecular weight excluding hydrogens is 242 g/mol. The molecular formula is C8H4ClNO4S. The predicted octanol–water partition coefficient (Wildman–Crippen LogP) is 1.57. The Hall–Kier alpha value is -1.40. The lowest BCUT2D eigenvalue weighted by atomic mass is 10.2. The third-order valence-corrected chi connectivity index (χ3v) is 2.75. The van der Waals surface area contributed by atoms with Gasteiger partial charge in [-0.2, -0.15) is 4.98 Å². The normalized spacial score (nSPS) is 11.8. The Labute approximate surface area is 89.1 Å². The summed E-state index contributed by atoms with van der Waals surface area (Å²) in [6.45, 7) is 0. The summed E-state index contributed by atoms with van der Waals surface area (Å²) in [5.74, 6) is 0. The van der Waals surface area contributed by atoms with Gasteiger partial charge in [0.25, 0.3) is 0 Å². The Balaban J connectivity index is 2.82. The number of halogens is 1. The maximum atomic E-state index is 10.9. The first kappa shape index (κ1) is 10.1. The van der Waals surface area contributed by atoms with Crippen LogP contribution in [0.4, 0.5) is 0 Å². The summed E-state index contributed by atoms with van der Waals surface area (Å²) in [4.78, 5) is 14.3. The average molecular weight is 246 g/mol. The zero-order valence-corrected chi connectivity index (χ0v) is 8.75. The molecule has 1 heterocycles. The number of fused-ring (bicyclic) bond motifs is 1. The molecule has 0 unspecified atom stereocenters. The van der Waals surface area contributed by atoms with E-state index in [0.29, 0.717) is 6.29 Å². The van der Waals surface area contributed by atoms with Crippen LogP contribution in [0.25, 0.3) is 11.1 Å². The van der Waals surface area contributed by atoms with E-state index < -0.39 is 14.3 Å². The summed E-state index contributed by atoms with van der Waals surface area (Å²) < 4.78 is 26.7. The van der Waals surface area contributed by atoms with Crippen molar-refractivity contribution >= 4 is 37.1 Å². The van der Waals surface area contributed by atoms with Gasteiger partial charge in [-0.05, 0) is 12.1 Å². The lowest BCUT2D eigenvalue weighted by molar-refractivity contribution is 0.112. The molecule has 7 heteroatoms. The monoisotopic (exact) mass is 245 g/mol. The summed E-state index contributed by atoms with van der Waals surface area (Å²) in [6, 6.07) is 4.56. The van der Waals surface area contributed by atoms with E-state index in [4.69, 9.17) is 15.1 Å². The van der Waals surface area contributed by atoms with Crippen molar-refractivity contribution in [1.82, 2.24) is 4.98 Å². The minimum Gasteiger partial charge on any atom is -0.427 e. The number of hydrogen-bond acceptors (Lipinski definition) is 5. The highest BCUT2D eigenvalue weighted by atomic mass is 35.7. The fraction of sp³-hybridized carbons (Fsp3) is 0. The SMILES string of the molecule is O=Cc1cccc2oc(S(=O)(=O)Cl)nc12. The Bertz CT molecular complexity index is 631. The van der Waals surface area contributed by atoms with Crippen molar-refractivity contribution in [3.8, 4) is 0 Å². The Kier molecular flexibility index (Phi) is 2.24. The zero-order valence-electron chi connectivity index (χ0n) is 7.18. The first-order valence-electron chi connectivity index (χ1n) is 3.82. The standard InChI is InChI=1S/C8H4ClNO4S/c9-15(12,13)8-10-7-5(4-11)2-1-3-6(7)14-8/h1-4H. The molecule has 0 aliphatic carbocycles. The lowest BCUT2D eigenvalue weighted by Gasteiger charge is -1.87. The first-order chi connectivity index (χ1) is 7.02. The number of aldehydes is 1. The number of para-hydroxylation sites is 1. The van der Waals surface area contributed by atoms with E-state index in [1.807, 2.05) is 0 Å². The van der Waals surface area contributed by atoms with Crippen molar-refractivity contribution in [2.24, 2.45) is 0 Å². The summed E-state index contributed by atoms with van der Waals surface area (Å²) in [5.41, 5.74) is 0.647. The van der Waals surface area contributed by atoms with Gasteiger partial charge in [0.05, 0.1) is 0 Å². The molecule has 0 spiro atoms. The molecule has 1 aromatic carbocycles. The van der Waals surface area contributed by atoms with Crippen LogP contribution in [-0.4, -0.2) is 19.7 Å². The molecule has 0 saturated heterocycles. The van der Waals surface area contributed by atoms with Crippen molar-refractivity contribution in [3.05, 3.63) is 23.8 Å². The maximum Gasteiger partial charge on any atom is 0.332 e. The molecule has 2 rings (SSSR count). The van der Waals surface area contributed by atoms with Gasteiger partial charge in [0, 0.05) is 16.2 Å². The van der Waals surface area contributed by atoms with Gasteiger partial charge in [-0.1, -0.05) is 6.07 Å². The van der Waals surface area contributed by atoms with Crippen molar-refractivity contribution in [1.29, 1.82) is 0 Å². The van der Waals surface area contributed by atoms with E-state index in [-0.39, 0.29) is 16.7 Å². The molecule has 0 amide bonds. The Morgan fingerprint density at radius 1 is 1.40 bits per heavy atom. The highest BCUT2D eigenvalue weighted by Gasteiger charge is 2.19. The van der Waals surface area contributed by atoms with E-state index in [2.05, 4.69) is 4.98 Å². The number of hydrogen-bond donors (Lipinski definition) is 0. The van der Waals surface area contributed by atoms with E-state index in [1.54, 1.807) is 6.07 Å². The van der Waals surface area contributed by atoms with Crippen LogP contribution in [0.5, 0.6) is 0 Å². The summed E-state index contributed by atoms with van der Waals surface area (Å²) >= 11 is 0. The highest BCUT2D eigenvalue weighted by molar-refractivity contribution is 8.13. The van der Waals surface area contributed by atoms with Crippen LogP contribution in [0.3, 0.4) is 0 Å². The highest BCUT2D eigenvalue weighted by Crippen LogP contribution is 2.23. The van der Waals surface area contributed by atoms with Crippen molar-refractivity contribution in [3.63, 3.8) is 0 Å². The molecule has 0 aliphatic rings. The molecule has 0 radical (unpaired) electrons. The number of nitrogens with zero attached hydrogens (tertiary/aromatic N) is 1. The topological polar surface area (TPSA) is 77.2 Å². The maximum absolute atomic E-state index is 10.9. The van der Waals surface area contributed by atoms with E-state index in [1.165, 1.54) is 12.1 Å². The second kappa shape index (κ2) is 3.32. The smallest absolute Gasteiger partial charge is 0.332 e. The summed E-state index contributed by atoms with van der Waals surface area (Å²) in [7, 11) is 1.04. The van der Waals surface area contributed by atoms with Crippen LogP contribution in [0, 0.1) is 0 Å². The molecule has 0 N–H and O–H groups in total. The summed E-state index contributed by atoms with van der Waals surface area (Å²) in [5, 5.41) is -0.603. The average Bonchev–Trinajstić information content (AvgIpc) is 2.59. The van der Waals surface area contributed by atoms with Gasteiger partial charge in [0.1, 0.15) is 5.52 Å². The summed E-state index contributed by atoms with van der Waals surface area (Å²) in [6.07, 6.45) is 0.565. The molecule has 0 saturated carbocycles. The third-order valence-electron chi connectivity index (χ3n) is 1.77. The molecule has 15 heavy (non-hydrogen) atoms. The van der Waals surface area contributed by atoms with Gasteiger partial charge < -0.3 is 4.42 Å². The van der Waals surface area contributed by atoms with Crippen LogP contribution < -0.4 is 0 Å². The predicted molar refractivity (Wildman–Crippen MR) is 52.4 cm³/mol. The quantitative estimate of drug-likeness (QED) is 0.593. The van der Waals surface area contributed by atoms with Crippen molar-refractivity contribution in [2.45, 2.75) is 5.22 Å².